The lowest BCUT2D eigenvalue weighted by atomic mass is 9.81. The Morgan fingerprint density at radius 3 is 2.73 bits per heavy atom. The molecule has 7 nitrogen and oxygen atoms in total. The summed E-state index contributed by atoms with van der Waals surface area (Å²) in [7, 11) is 2.87. The van der Waals surface area contributed by atoms with Gasteiger partial charge in [-0.3, -0.25) is 9.83 Å². The summed E-state index contributed by atoms with van der Waals surface area (Å²) in [5.74, 6) is -1.10. The van der Waals surface area contributed by atoms with Gasteiger partial charge >= 0.3 is 5.97 Å². The number of hydrogen-bond acceptors (Lipinski definition) is 7. The van der Waals surface area contributed by atoms with Gasteiger partial charge in [-0.05, 0) is 43.2 Å². The molecule has 1 fully saturated rings. The topological polar surface area (TPSA) is 72.4 Å². The molecule has 1 aliphatic carbocycles. The number of anilines is 2. The van der Waals surface area contributed by atoms with Crippen LogP contribution in [0.15, 0.2) is 41.4 Å². The Balaban J connectivity index is 1.77. The van der Waals surface area contributed by atoms with E-state index in [2.05, 4.69) is 10.3 Å². The number of hydrogen-bond donors (Lipinski definition) is 1. The second-order valence-corrected chi connectivity index (χ2v) is 8.53. The molecule has 0 bridgehead atoms. The minimum Gasteiger partial charge on any atom is -0.465 e. The lowest BCUT2D eigenvalue weighted by Gasteiger charge is -2.41. The summed E-state index contributed by atoms with van der Waals surface area (Å²) < 4.78 is 26.5. The Morgan fingerprint density at radius 1 is 1.21 bits per heavy atom. The number of esters is 1. The number of benzene rings is 2. The Morgan fingerprint density at radius 2 is 2.00 bits per heavy atom. The molecule has 1 unspecified atom stereocenters. The van der Waals surface area contributed by atoms with Crippen molar-refractivity contribution in [1.29, 1.82) is 0 Å². The molecule has 2 aromatic carbocycles. The molecule has 33 heavy (non-hydrogen) atoms. The smallest absolute Gasteiger partial charge is 0.372 e. The van der Waals surface area contributed by atoms with Crippen LogP contribution in [0.25, 0.3) is 0 Å². The van der Waals surface area contributed by atoms with E-state index in [1.165, 1.54) is 19.2 Å². The largest absolute Gasteiger partial charge is 0.465 e. The van der Waals surface area contributed by atoms with Crippen LogP contribution >= 0.6 is 11.6 Å². The summed E-state index contributed by atoms with van der Waals surface area (Å²) in [6, 6.07) is 9.96. The number of ether oxygens (including phenoxy) is 2. The van der Waals surface area contributed by atoms with Crippen LogP contribution in [-0.2, 0) is 14.4 Å². The molecular formula is C24H27ClFN3O4. The van der Waals surface area contributed by atoms with E-state index in [9.17, 15) is 9.18 Å². The Kier molecular flexibility index (Phi) is 7.05. The number of halogens is 2. The van der Waals surface area contributed by atoms with Crippen molar-refractivity contribution in [2.24, 2.45) is 10.9 Å². The Bertz CT molecular complexity index is 1040. The van der Waals surface area contributed by atoms with Crippen molar-refractivity contribution in [2.75, 3.05) is 31.3 Å². The van der Waals surface area contributed by atoms with E-state index in [4.69, 9.17) is 25.9 Å². The first kappa shape index (κ1) is 23.3. The van der Waals surface area contributed by atoms with Gasteiger partial charge < -0.3 is 14.8 Å². The monoisotopic (exact) mass is 475 g/mol. The van der Waals surface area contributed by atoms with Crippen LogP contribution in [0.2, 0.25) is 5.02 Å². The molecule has 0 spiro atoms. The van der Waals surface area contributed by atoms with Crippen molar-refractivity contribution in [1.82, 2.24) is 0 Å². The molecule has 9 heteroatoms. The highest BCUT2D eigenvalue weighted by Crippen LogP contribution is 2.40. The fourth-order valence-electron chi connectivity index (χ4n) is 4.49. The standard InChI is InChI=1S/C24H27ClFN3O4/c1-31-23(30)24(17-7-4-3-5-8-17,28-20-10-6-9-19(25)22(20)26)33-18-11-12-21-16(13-18)14-27-15-29(21)32-2/h6,9-14,17,28H,3-5,7-8,15H2,1-2H3. The summed E-state index contributed by atoms with van der Waals surface area (Å²) in [4.78, 5) is 22.9. The Hall–Kier alpha value is -2.84. The van der Waals surface area contributed by atoms with E-state index in [0.717, 1.165) is 43.4 Å². The summed E-state index contributed by atoms with van der Waals surface area (Å²) >= 11 is 6.01. The van der Waals surface area contributed by atoms with Crippen LogP contribution in [0.4, 0.5) is 15.8 Å². The van der Waals surface area contributed by atoms with Crippen LogP contribution in [0, 0.1) is 11.7 Å². The average molecular weight is 476 g/mol. The van der Waals surface area contributed by atoms with Gasteiger partial charge in [-0.1, -0.05) is 36.9 Å². The maximum absolute atomic E-state index is 14.9. The highest BCUT2D eigenvalue weighted by atomic mass is 35.5. The third-order valence-electron chi connectivity index (χ3n) is 6.15. The number of methoxy groups -OCH3 is 1. The van der Waals surface area contributed by atoms with Gasteiger partial charge in [0, 0.05) is 17.7 Å². The van der Waals surface area contributed by atoms with Crippen molar-refractivity contribution in [2.45, 2.75) is 37.8 Å². The van der Waals surface area contributed by atoms with Crippen LogP contribution in [0.1, 0.15) is 37.7 Å². The van der Waals surface area contributed by atoms with Gasteiger partial charge in [0.05, 0.1) is 30.6 Å². The summed E-state index contributed by atoms with van der Waals surface area (Å²) in [5.41, 5.74) is 0.0392. The third kappa shape index (κ3) is 4.63. The zero-order valence-electron chi connectivity index (χ0n) is 18.6. The maximum Gasteiger partial charge on any atom is 0.372 e. The Labute approximate surface area is 197 Å². The molecular weight excluding hydrogens is 449 g/mol. The van der Waals surface area contributed by atoms with E-state index in [-0.39, 0.29) is 16.6 Å². The predicted molar refractivity (Wildman–Crippen MR) is 125 cm³/mol. The van der Waals surface area contributed by atoms with E-state index >= 15 is 0 Å². The number of carbonyl (C=O) groups is 1. The number of hydroxylamine groups is 1. The molecule has 2 aromatic rings. The number of rotatable bonds is 7. The molecule has 176 valence electrons. The van der Waals surface area contributed by atoms with Gasteiger partial charge in [-0.15, -0.1) is 0 Å². The molecule has 1 atom stereocenters. The van der Waals surface area contributed by atoms with Crippen LogP contribution < -0.4 is 15.1 Å². The molecule has 1 saturated carbocycles. The summed E-state index contributed by atoms with van der Waals surface area (Å²) in [6.07, 6.45) is 6.13. The molecule has 1 aliphatic heterocycles. The quantitative estimate of drug-likeness (QED) is 0.439. The molecule has 0 amide bonds. The van der Waals surface area contributed by atoms with Crippen LogP contribution in [0.3, 0.4) is 0 Å². The molecule has 4 rings (SSSR count). The van der Waals surface area contributed by atoms with Gasteiger partial charge in [0.2, 0.25) is 0 Å². The van der Waals surface area contributed by atoms with E-state index in [1.807, 2.05) is 6.07 Å². The van der Waals surface area contributed by atoms with Crippen LogP contribution in [-0.4, -0.2) is 38.8 Å². The van der Waals surface area contributed by atoms with E-state index in [1.54, 1.807) is 36.6 Å². The van der Waals surface area contributed by atoms with Gasteiger partial charge in [-0.25, -0.2) is 14.2 Å². The molecule has 2 aliphatic rings. The van der Waals surface area contributed by atoms with Gasteiger partial charge in [0.15, 0.2) is 5.82 Å². The average Bonchev–Trinajstić information content (AvgIpc) is 2.85. The molecule has 0 aromatic heterocycles. The lowest BCUT2D eigenvalue weighted by molar-refractivity contribution is -0.162. The number of aliphatic imine (C=N–C) groups is 1. The molecule has 1 N–H and O–H groups in total. The van der Waals surface area contributed by atoms with Crippen molar-refractivity contribution in [3.05, 3.63) is 52.8 Å². The number of carbonyl (C=O) groups excluding carboxylic acids is 1. The zero-order chi connectivity index (χ0) is 23.4. The summed E-state index contributed by atoms with van der Waals surface area (Å²) in [5, 5.41) is 4.64. The number of nitrogens with one attached hydrogen (secondary N) is 1. The minimum atomic E-state index is -1.64. The van der Waals surface area contributed by atoms with Gasteiger partial charge in [0.25, 0.3) is 5.72 Å². The highest BCUT2D eigenvalue weighted by Gasteiger charge is 2.50. The predicted octanol–water partition coefficient (Wildman–Crippen LogP) is 5.18. The van der Waals surface area contributed by atoms with E-state index < -0.39 is 17.5 Å². The fraction of sp³-hybridized carbons (Fsp3) is 0.417. The highest BCUT2D eigenvalue weighted by molar-refractivity contribution is 6.31. The van der Waals surface area contributed by atoms with E-state index in [0.29, 0.717) is 12.4 Å². The minimum absolute atomic E-state index is 0.0490. The zero-order valence-corrected chi connectivity index (χ0v) is 19.4. The first-order valence-corrected chi connectivity index (χ1v) is 11.3. The second kappa shape index (κ2) is 9.97. The van der Waals surface area contributed by atoms with Crippen molar-refractivity contribution >= 4 is 35.2 Å². The maximum atomic E-state index is 14.9. The molecule has 0 radical (unpaired) electrons. The number of fused-ring (bicyclic) bond motifs is 1. The van der Waals surface area contributed by atoms with Gasteiger partial charge in [0.1, 0.15) is 12.4 Å². The summed E-state index contributed by atoms with van der Waals surface area (Å²) in [6.45, 7) is 0.382. The van der Waals surface area contributed by atoms with Crippen molar-refractivity contribution in [3.63, 3.8) is 0 Å². The number of nitrogens with zero attached hydrogens (tertiary/aromatic N) is 2. The lowest BCUT2D eigenvalue weighted by Crippen LogP contribution is -2.58. The van der Waals surface area contributed by atoms with Crippen molar-refractivity contribution in [3.8, 4) is 5.75 Å². The second-order valence-electron chi connectivity index (χ2n) is 8.13. The normalized spacial score (nSPS) is 17.8. The fourth-order valence-corrected chi connectivity index (χ4v) is 4.66. The van der Waals surface area contributed by atoms with Crippen LogP contribution in [0.5, 0.6) is 5.75 Å². The van der Waals surface area contributed by atoms with Crippen molar-refractivity contribution < 1.29 is 23.5 Å². The first-order valence-electron chi connectivity index (χ1n) is 10.9. The SMILES string of the molecule is COC(=O)C(Nc1cccc(Cl)c1F)(Oc1ccc2c(c1)C=NCN2OC)C1CCCCC1. The van der Waals surface area contributed by atoms with Gasteiger partial charge in [-0.2, -0.15) is 0 Å². The third-order valence-corrected chi connectivity index (χ3v) is 6.44. The first-order chi connectivity index (χ1) is 16.0. The molecule has 0 saturated heterocycles. The molecule has 1 heterocycles.